The number of anilines is 1. The fraction of sp³-hybridized carbons (Fsp3) is 0.125. The van der Waals surface area contributed by atoms with Gasteiger partial charge < -0.3 is 10.1 Å². The molecule has 2 aromatic rings. The summed E-state index contributed by atoms with van der Waals surface area (Å²) in [6.07, 6.45) is 0. The van der Waals surface area contributed by atoms with Crippen LogP contribution in [0, 0.1) is 0 Å². The van der Waals surface area contributed by atoms with E-state index in [-0.39, 0.29) is 11.0 Å². The van der Waals surface area contributed by atoms with Crippen molar-refractivity contribution in [1.29, 1.82) is 0 Å². The molecular formula is C16H12ClNO3S. The van der Waals surface area contributed by atoms with E-state index in [9.17, 15) is 9.59 Å². The maximum atomic E-state index is 12.4. The topological polar surface area (TPSA) is 55.4 Å². The number of amides is 1. The largest absolute Gasteiger partial charge is 0.497 e. The zero-order chi connectivity index (χ0) is 15.7. The molecule has 1 N–H and O–H groups in total. The van der Waals surface area contributed by atoms with Crippen molar-refractivity contribution in [2.45, 2.75) is 10.8 Å². The van der Waals surface area contributed by atoms with Gasteiger partial charge in [0.25, 0.3) is 0 Å². The van der Waals surface area contributed by atoms with E-state index in [0.717, 1.165) is 16.7 Å². The van der Waals surface area contributed by atoms with Crippen LogP contribution in [0.2, 0.25) is 5.02 Å². The first kappa shape index (κ1) is 14.9. The maximum Gasteiger partial charge on any atom is 0.240 e. The van der Waals surface area contributed by atoms with Crippen LogP contribution in [0.25, 0.3) is 0 Å². The summed E-state index contributed by atoms with van der Waals surface area (Å²) in [7, 11) is 1.56. The van der Waals surface area contributed by atoms with Gasteiger partial charge >= 0.3 is 0 Å². The number of hydrogen-bond acceptors (Lipinski definition) is 4. The Hall–Kier alpha value is -1.98. The second-order valence-electron chi connectivity index (χ2n) is 4.76. The van der Waals surface area contributed by atoms with Crippen molar-refractivity contribution in [1.82, 2.24) is 0 Å². The Morgan fingerprint density at radius 1 is 1.27 bits per heavy atom. The quantitative estimate of drug-likeness (QED) is 0.870. The van der Waals surface area contributed by atoms with E-state index in [1.54, 1.807) is 49.6 Å². The number of rotatable bonds is 3. The molecule has 2 aromatic carbocycles. The molecule has 4 nitrogen and oxygen atoms in total. The van der Waals surface area contributed by atoms with Crippen LogP contribution in [-0.2, 0) is 9.59 Å². The normalized spacial score (nSPS) is 16.3. The van der Waals surface area contributed by atoms with Crippen molar-refractivity contribution in [2.24, 2.45) is 0 Å². The van der Waals surface area contributed by atoms with Crippen LogP contribution in [0.4, 0.5) is 5.69 Å². The molecule has 6 heteroatoms. The van der Waals surface area contributed by atoms with Crippen LogP contribution in [0.15, 0.2) is 47.4 Å². The molecular weight excluding hydrogens is 322 g/mol. The van der Waals surface area contributed by atoms with Gasteiger partial charge in [-0.1, -0.05) is 35.5 Å². The Kier molecular flexibility index (Phi) is 4.09. The van der Waals surface area contributed by atoms with Gasteiger partial charge in [0.15, 0.2) is 0 Å². The minimum absolute atomic E-state index is 0.192. The molecule has 1 aliphatic heterocycles. The van der Waals surface area contributed by atoms with Crippen molar-refractivity contribution in [3.8, 4) is 5.75 Å². The van der Waals surface area contributed by atoms with Crippen molar-refractivity contribution in [2.75, 3.05) is 12.4 Å². The highest BCUT2D eigenvalue weighted by Crippen LogP contribution is 2.43. The summed E-state index contributed by atoms with van der Waals surface area (Å²) in [5.74, 6) is -0.511. The van der Waals surface area contributed by atoms with Gasteiger partial charge in [0, 0.05) is 15.6 Å². The molecule has 0 aliphatic carbocycles. The highest BCUT2D eigenvalue weighted by atomic mass is 35.5. The fourth-order valence-electron chi connectivity index (χ4n) is 2.29. The van der Waals surface area contributed by atoms with Gasteiger partial charge in [-0.25, -0.2) is 0 Å². The Balaban J connectivity index is 1.86. The number of carbonyl (C=O) groups is 2. The van der Waals surface area contributed by atoms with E-state index >= 15 is 0 Å². The highest BCUT2D eigenvalue weighted by molar-refractivity contribution is 8.14. The minimum Gasteiger partial charge on any atom is -0.497 e. The SMILES string of the molecule is COc1ccc2c(c1)SC(=O)C2C(=O)Nc1cccc(Cl)c1. The lowest BCUT2D eigenvalue weighted by molar-refractivity contribution is -0.123. The smallest absolute Gasteiger partial charge is 0.240 e. The number of fused-ring (bicyclic) bond motifs is 1. The molecule has 1 aliphatic rings. The predicted octanol–water partition coefficient (Wildman–Crippen LogP) is 3.70. The van der Waals surface area contributed by atoms with E-state index in [0.29, 0.717) is 22.0 Å². The number of thioether (sulfide) groups is 1. The summed E-state index contributed by atoms with van der Waals surface area (Å²) in [5.41, 5.74) is 1.27. The molecule has 3 rings (SSSR count). The molecule has 1 atom stereocenters. The van der Waals surface area contributed by atoms with Gasteiger partial charge in [0.05, 0.1) is 7.11 Å². The molecule has 0 fully saturated rings. The van der Waals surface area contributed by atoms with Crippen LogP contribution < -0.4 is 10.1 Å². The van der Waals surface area contributed by atoms with Gasteiger partial charge in [-0.3, -0.25) is 9.59 Å². The Morgan fingerprint density at radius 3 is 2.82 bits per heavy atom. The van der Waals surface area contributed by atoms with Crippen LogP contribution in [0.3, 0.4) is 0 Å². The van der Waals surface area contributed by atoms with Crippen molar-refractivity contribution < 1.29 is 14.3 Å². The molecule has 112 valence electrons. The summed E-state index contributed by atoms with van der Waals surface area (Å²) < 4.78 is 5.14. The molecule has 0 radical (unpaired) electrons. The molecule has 22 heavy (non-hydrogen) atoms. The molecule has 0 saturated carbocycles. The van der Waals surface area contributed by atoms with Gasteiger partial charge in [-0.05, 0) is 35.9 Å². The first-order valence-corrected chi connectivity index (χ1v) is 7.74. The monoisotopic (exact) mass is 333 g/mol. The van der Waals surface area contributed by atoms with Gasteiger partial charge in [0.2, 0.25) is 11.0 Å². The summed E-state index contributed by atoms with van der Waals surface area (Å²) in [6.45, 7) is 0. The van der Waals surface area contributed by atoms with E-state index in [1.807, 2.05) is 0 Å². The summed E-state index contributed by atoms with van der Waals surface area (Å²) in [4.78, 5) is 25.4. The van der Waals surface area contributed by atoms with Crippen LogP contribution in [0.1, 0.15) is 11.5 Å². The Bertz CT molecular complexity index is 763. The standard InChI is InChI=1S/C16H12ClNO3S/c1-21-11-5-6-12-13(8-11)22-16(20)14(12)15(19)18-10-4-2-3-9(17)7-10/h2-8,14H,1H3,(H,18,19). The van der Waals surface area contributed by atoms with E-state index in [2.05, 4.69) is 5.32 Å². The van der Waals surface area contributed by atoms with Crippen molar-refractivity contribution >= 4 is 40.1 Å². The summed E-state index contributed by atoms with van der Waals surface area (Å²) in [5, 5.41) is 3.07. The van der Waals surface area contributed by atoms with E-state index < -0.39 is 5.92 Å². The second-order valence-corrected chi connectivity index (χ2v) is 6.24. The van der Waals surface area contributed by atoms with E-state index in [4.69, 9.17) is 16.3 Å². The summed E-state index contributed by atoms with van der Waals surface area (Å²) in [6, 6.07) is 12.1. The second kappa shape index (κ2) is 6.02. The fourth-order valence-corrected chi connectivity index (χ4v) is 3.53. The lowest BCUT2D eigenvalue weighted by Crippen LogP contribution is -2.23. The van der Waals surface area contributed by atoms with Crippen LogP contribution in [-0.4, -0.2) is 18.1 Å². The average molecular weight is 334 g/mol. The van der Waals surface area contributed by atoms with Gasteiger partial charge in [-0.15, -0.1) is 0 Å². The number of methoxy groups -OCH3 is 1. The molecule has 1 amide bonds. The summed E-state index contributed by atoms with van der Waals surface area (Å²) >= 11 is 6.96. The Labute approximate surface area is 136 Å². The average Bonchev–Trinajstić information content (AvgIpc) is 2.81. The van der Waals surface area contributed by atoms with Crippen molar-refractivity contribution in [3.05, 3.63) is 53.1 Å². The number of hydrogen-bond donors (Lipinski definition) is 1. The number of benzene rings is 2. The van der Waals surface area contributed by atoms with Crippen molar-refractivity contribution in [3.63, 3.8) is 0 Å². The van der Waals surface area contributed by atoms with Crippen LogP contribution in [0.5, 0.6) is 5.75 Å². The third-order valence-corrected chi connectivity index (χ3v) is 4.58. The van der Waals surface area contributed by atoms with Gasteiger partial charge in [-0.2, -0.15) is 0 Å². The highest BCUT2D eigenvalue weighted by Gasteiger charge is 2.37. The lowest BCUT2D eigenvalue weighted by Gasteiger charge is -2.11. The van der Waals surface area contributed by atoms with Crippen LogP contribution >= 0.6 is 23.4 Å². The first-order valence-electron chi connectivity index (χ1n) is 6.54. The number of carbonyl (C=O) groups excluding carboxylic acids is 2. The minimum atomic E-state index is -0.815. The molecule has 0 aromatic heterocycles. The lowest BCUT2D eigenvalue weighted by atomic mass is 9.99. The number of halogens is 1. The third kappa shape index (κ3) is 2.82. The zero-order valence-electron chi connectivity index (χ0n) is 11.6. The molecule has 1 heterocycles. The van der Waals surface area contributed by atoms with Gasteiger partial charge in [0.1, 0.15) is 11.7 Å². The first-order chi connectivity index (χ1) is 10.6. The predicted molar refractivity (Wildman–Crippen MR) is 86.7 cm³/mol. The number of ether oxygens (including phenoxy) is 1. The zero-order valence-corrected chi connectivity index (χ0v) is 13.2. The third-order valence-electron chi connectivity index (χ3n) is 3.33. The molecule has 0 saturated heterocycles. The maximum absolute atomic E-state index is 12.4. The number of nitrogens with one attached hydrogen (secondary N) is 1. The Morgan fingerprint density at radius 2 is 2.09 bits per heavy atom. The molecule has 0 bridgehead atoms. The molecule has 0 spiro atoms. The molecule has 1 unspecified atom stereocenters. The van der Waals surface area contributed by atoms with E-state index in [1.165, 1.54) is 0 Å².